The van der Waals surface area contributed by atoms with E-state index < -0.39 is 6.04 Å². The van der Waals surface area contributed by atoms with Gasteiger partial charge in [-0.05, 0) is 18.9 Å². The lowest BCUT2D eigenvalue weighted by atomic mass is 10.0. The third kappa shape index (κ3) is 3.04. The molecule has 0 spiro atoms. The number of nitrogens with one attached hydrogen (secondary N) is 1. The van der Waals surface area contributed by atoms with Crippen LogP contribution in [-0.2, 0) is 16.1 Å². The largest absolute Gasteiger partial charge is 0.344 e. The van der Waals surface area contributed by atoms with E-state index in [0.29, 0.717) is 0 Å². The highest BCUT2D eigenvalue weighted by Gasteiger charge is 2.20. The second-order valence-electron chi connectivity index (χ2n) is 5.26. The van der Waals surface area contributed by atoms with E-state index in [2.05, 4.69) is 10.4 Å². The molecular formula is C15H19N3O2. The van der Waals surface area contributed by atoms with E-state index in [9.17, 15) is 9.59 Å². The monoisotopic (exact) mass is 273 g/mol. The van der Waals surface area contributed by atoms with Crippen LogP contribution in [0.25, 0.3) is 10.9 Å². The van der Waals surface area contributed by atoms with E-state index in [-0.39, 0.29) is 24.2 Å². The zero-order chi connectivity index (χ0) is 14.7. The standard InChI is InChI=1S/C15H19N3O2/c1-10(2)15(11(3)19)17-14(20)9-18-13-7-5-4-6-12(13)8-16-18/h4-8,10,15H,9H2,1-3H3,(H,17,20). The van der Waals surface area contributed by atoms with Gasteiger partial charge in [-0.3, -0.25) is 14.3 Å². The van der Waals surface area contributed by atoms with E-state index in [0.717, 1.165) is 10.9 Å². The summed E-state index contributed by atoms with van der Waals surface area (Å²) in [6.45, 7) is 5.43. The maximum absolute atomic E-state index is 12.0. The number of para-hydroxylation sites is 1. The van der Waals surface area contributed by atoms with Crippen LogP contribution in [0.5, 0.6) is 0 Å². The smallest absolute Gasteiger partial charge is 0.242 e. The van der Waals surface area contributed by atoms with Crippen LogP contribution in [0.1, 0.15) is 20.8 Å². The van der Waals surface area contributed by atoms with Gasteiger partial charge in [-0.25, -0.2) is 0 Å². The molecule has 2 aromatic rings. The summed E-state index contributed by atoms with van der Waals surface area (Å²) in [5.41, 5.74) is 0.909. The molecule has 0 aliphatic carbocycles. The van der Waals surface area contributed by atoms with Crippen molar-refractivity contribution in [2.75, 3.05) is 0 Å². The fraction of sp³-hybridized carbons (Fsp3) is 0.400. The van der Waals surface area contributed by atoms with Crippen molar-refractivity contribution < 1.29 is 9.59 Å². The first-order chi connectivity index (χ1) is 9.49. The molecule has 1 atom stereocenters. The van der Waals surface area contributed by atoms with Crippen LogP contribution in [0.2, 0.25) is 0 Å². The maximum atomic E-state index is 12.0. The molecule has 0 aliphatic rings. The molecule has 1 unspecified atom stereocenters. The molecule has 20 heavy (non-hydrogen) atoms. The molecule has 5 nitrogen and oxygen atoms in total. The van der Waals surface area contributed by atoms with Crippen LogP contribution >= 0.6 is 0 Å². The van der Waals surface area contributed by atoms with Gasteiger partial charge in [-0.1, -0.05) is 32.0 Å². The molecule has 0 saturated heterocycles. The summed E-state index contributed by atoms with van der Waals surface area (Å²) in [4.78, 5) is 23.5. The van der Waals surface area contributed by atoms with E-state index in [4.69, 9.17) is 0 Å². The summed E-state index contributed by atoms with van der Waals surface area (Å²) < 4.78 is 1.64. The summed E-state index contributed by atoms with van der Waals surface area (Å²) in [7, 11) is 0. The molecule has 106 valence electrons. The molecule has 0 aliphatic heterocycles. The molecule has 1 N–H and O–H groups in total. The van der Waals surface area contributed by atoms with Gasteiger partial charge in [0.2, 0.25) is 5.91 Å². The molecule has 0 radical (unpaired) electrons. The average molecular weight is 273 g/mol. The van der Waals surface area contributed by atoms with Crippen molar-refractivity contribution in [3.05, 3.63) is 30.5 Å². The first-order valence-electron chi connectivity index (χ1n) is 6.69. The second-order valence-corrected chi connectivity index (χ2v) is 5.26. The minimum atomic E-state index is -0.440. The molecule has 1 amide bonds. The highest BCUT2D eigenvalue weighted by molar-refractivity contribution is 5.88. The van der Waals surface area contributed by atoms with Gasteiger partial charge in [0.05, 0.1) is 17.8 Å². The number of aromatic nitrogens is 2. The quantitative estimate of drug-likeness (QED) is 0.903. The van der Waals surface area contributed by atoms with Gasteiger partial charge in [-0.2, -0.15) is 5.10 Å². The third-order valence-electron chi connectivity index (χ3n) is 3.27. The average Bonchev–Trinajstić information content (AvgIpc) is 2.79. The lowest BCUT2D eigenvalue weighted by molar-refractivity contribution is -0.128. The highest BCUT2D eigenvalue weighted by Crippen LogP contribution is 2.12. The number of amides is 1. The van der Waals surface area contributed by atoms with E-state index >= 15 is 0 Å². The molecule has 0 fully saturated rings. The minimum absolute atomic E-state index is 0.0290. The number of hydrogen-bond acceptors (Lipinski definition) is 3. The Morgan fingerprint density at radius 2 is 2.00 bits per heavy atom. The second kappa shape index (κ2) is 5.86. The number of carbonyl (C=O) groups is 2. The molecule has 2 rings (SSSR count). The minimum Gasteiger partial charge on any atom is -0.344 e. The van der Waals surface area contributed by atoms with Crippen LogP contribution in [0, 0.1) is 5.92 Å². The molecule has 0 saturated carbocycles. The van der Waals surface area contributed by atoms with Crippen LogP contribution in [0.15, 0.2) is 30.5 Å². The molecule has 1 aromatic carbocycles. The zero-order valence-electron chi connectivity index (χ0n) is 12.0. The van der Waals surface area contributed by atoms with Crippen LogP contribution in [0.4, 0.5) is 0 Å². The van der Waals surface area contributed by atoms with Crippen LogP contribution in [0.3, 0.4) is 0 Å². The van der Waals surface area contributed by atoms with Gasteiger partial charge < -0.3 is 5.32 Å². The number of rotatable bonds is 5. The molecular weight excluding hydrogens is 254 g/mol. The van der Waals surface area contributed by atoms with Gasteiger partial charge in [0.1, 0.15) is 6.54 Å². The number of ketones is 1. The van der Waals surface area contributed by atoms with Crippen molar-refractivity contribution in [3.8, 4) is 0 Å². The Hall–Kier alpha value is -2.17. The van der Waals surface area contributed by atoms with Crippen molar-refractivity contribution in [2.45, 2.75) is 33.4 Å². The van der Waals surface area contributed by atoms with Crippen molar-refractivity contribution in [2.24, 2.45) is 5.92 Å². The van der Waals surface area contributed by atoms with E-state index in [1.165, 1.54) is 6.92 Å². The number of fused-ring (bicyclic) bond motifs is 1. The van der Waals surface area contributed by atoms with E-state index in [1.807, 2.05) is 38.1 Å². The molecule has 0 bridgehead atoms. The maximum Gasteiger partial charge on any atom is 0.242 e. The van der Waals surface area contributed by atoms with Gasteiger partial charge in [0.15, 0.2) is 5.78 Å². The Morgan fingerprint density at radius 1 is 1.30 bits per heavy atom. The zero-order valence-corrected chi connectivity index (χ0v) is 12.0. The Morgan fingerprint density at radius 3 is 2.65 bits per heavy atom. The predicted octanol–water partition coefficient (Wildman–Crippen LogP) is 1.77. The van der Waals surface area contributed by atoms with Crippen molar-refractivity contribution >= 4 is 22.6 Å². The van der Waals surface area contributed by atoms with Gasteiger partial charge in [0, 0.05) is 5.39 Å². The van der Waals surface area contributed by atoms with Gasteiger partial charge in [0.25, 0.3) is 0 Å². The predicted molar refractivity (Wildman–Crippen MR) is 77.2 cm³/mol. The third-order valence-corrected chi connectivity index (χ3v) is 3.27. The number of carbonyl (C=O) groups excluding carboxylic acids is 2. The molecule has 1 aromatic heterocycles. The van der Waals surface area contributed by atoms with Gasteiger partial charge in [-0.15, -0.1) is 0 Å². The Bertz CT molecular complexity index is 631. The summed E-state index contributed by atoms with van der Waals surface area (Å²) in [6.07, 6.45) is 1.73. The normalized spacial score (nSPS) is 12.6. The van der Waals surface area contributed by atoms with E-state index in [1.54, 1.807) is 10.9 Å². The Labute approximate surface area is 118 Å². The van der Waals surface area contributed by atoms with Crippen LogP contribution < -0.4 is 5.32 Å². The number of Topliss-reactive ketones (excluding diaryl/α,β-unsaturated/α-hetero) is 1. The number of hydrogen-bond donors (Lipinski definition) is 1. The summed E-state index contributed by atoms with van der Waals surface area (Å²) >= 11 is 0. The lowest BCUT2D eigenvalue weighted by Gasteiger charge is -2.19. The number of nitrogens with zero attached hydrogens (tertiary/aromatic N) is 2. The Balaban J connectivity index is 2.10. The highest BCUT2D eigenvalue weighted by atomic mass is 16.2. The fourth-order valence-electron chi connectivity index (χ4n) is 2.24. The summed E-state index contributed by atoms with van der Waals surface area (Å²) in [5, 5.41) is 7.97. The molecule has 1 heterocycles. The molecule has 5 heteroatoms. The summed E-state index contributed by atoms with van der Waals surface area (Å²) in [5.74, 6) is -0.155. The fourth-order valence-corrected chi connectivity index (χ4v) is 2.24. The number of benzene rings is 1. The first kappa shape index (κ1) is 14.2. The summed E-state index contributed by atoms with van der Waals surface area (Å²) in [6, 6.07) is 7.26. The first-order valence-corrected chi connectivity index (χ1v) is 6.69. The van der Waals surface area contributed by atoms with Crippen molar-refractivity contribution in [3.63, 3.8) is 0 Å². The lowest BCUT2D eigenvalue weighted by Crippen LogP contribution is -2.44. The van der Waals surface area contributed by atoms with Crippen LogP contribution in [-0.4, -0.2) is 27.5 Å². The Kier molecular flexibility index (Phi) is 4.17. The SMILES string of the molecule is CC(=O)C(NC(=O)Cn1ncc2ccccc21)C(C)C. The van der Waals surface area contributed by atoms with Crippen molar-refractivity contribution in [1.82, 2.24) is 15.1 Å². The van der Waals surface area contributed by atoms with Gasteiger partial charge >= 0.3 is 0 Å². The van der Waals surface area contributed by atoms with Crippen molar-refractivity contribution in [1.29, 1.82) is 0 Å². The topological polar surface area (TPSA) is 64.0 Å².